The molecule has 1 N–H and O–H groups in total. The fraction of sp³-hybridized carbons (Fsp3) is 0.278. The summed E-state index contributed by atoms with van der Waals surface area (Å²) in [6, 6.07) is 15.7. The van der Waals surface area contributed by atoms with E-state index in [0.29, 0.717) is 5.75 Å². The molecule has 1 atom stereocenters. The van der Waals surface area contributed by atoms with Crippen LogP contribution in [-0.4, -0.2) is 12.5 Å². The maximum absolute atomic E-state index is 12.0. The van der Waals surface area contributed by atoms with E-state index in [1.165, 1.54) is 5.56 Å². The van der Waals surface area contributed by atoms with Crippen LogP contribution in [-0.2, 0) is 4.79 Å². The lowest BCUT2D eigenvalue weighted by Crippen LogP contribution is -2.32. The maximum Gasteiger partial charge on any atom is 0.258 e. The lowest BCUT2D eigenvalue weighted by Gasteiger charge is -2.18. The number of ether oxygens (including phenoxy) is 1. The zero-order chi connectivity index (χ0) is 15.9. The number of aryl methyl sites for hydroxylation is 1. The molecule has 116 valence electrons. The van der Waals surface area contributed by atoms with E-state index in [2.05, 4.69) is 59.4 Å². The molecule has 4 heteroatoms. The van der Waals surface area contributed by atoms with Crippen LogP contribution in [0.5, 0.6) is 5.75 Å². The molecule has 2 aromatic carbocycles. The van der Waals surface area contributed by atoms with Crippen molar-refractivity contribution in [2.24, 2.45) is 0 Å². The number of carbonyl (C=O) groups is 1. The standard InChI is InChI=1S/C18H20BrNO2/c1-3-17(14-6-4-13(2)5-7-14)20-18(21)12-22-16-10-8-15(19)9-11-16/h4-11,17H,3,12H2,1-2H3,(H,20,21)/t17-/m0/s1. The Morgan fingerprint density at radius 1 is 1.14 bits per heavy atom. The molecule has 0 aromatic heterocycles. The van der Waals surface area contributed by atoms with E-state index >= 15 is 0 Å². The quantitative estimate of drug-likeness (QED) is 0.827. The van der Waals surface area contributed by atoms with Gasteiger partial charge in [0.25, 0.3) is 5.91 Å². The van der Waals surface area contributed by atoms with Crippen molar-refractivity contribution in [2.75, 3.05) is 6.61 Å². The number of benzene rings is 2. The normalized spacial score (nSPS) is 11.8. The van der Waals surface area contributed by atoms with Gasteiger partial charge in [-0.2, -0.15) is 0 Å². The van der Waals surface area contributed by atoms with Crippen molar-refractivity contribution in [3.8, 4) is 5.75 Å². The van der Waals surface area contributed by atoms with Crippen LogP contribution in [0.3, 0.4) is 0 Å². The topological polar surface area (TPSA) is 38.3 Å². The van der Waals surface area contributed by atoms with Crippen LogP contribution in [0.2, 0.25) is 0 Å². The van der Waals surface area contributed by atoms with Crippen LogP contribution >= 0.6 is 15.9 Å². The Morgan fingerprint density at radius 3 is 2.36 bits per heavy atom. The fourth-order valence-corrected chi connectivity index (χ4v) is 2.40. The van der Waals surface area contributed by atoms with E-state index in [-0.39, 0.29) is 18.6 Å². The summed E-state index contributed by atoms with van der Waals surface area (Å²) in [6.07, 6.45) is 0.840. The monoisotopic (exact) mass is 361 g/mol. The molecule has 2 aromatic rings. The van der Waals surface area contributed by atoms with E-state index in [0.717, 1.165) is 16.5 Å². The summed E-state index contributed by atoms with van der Waals surface area (Å²) in [4.78, 5) is 12.0. The first kappa shape index (κ1) is 16.6. The van der Waals surface area contributed by atoms with Crippen molar-refractivity contribution < 1.29 is 9.53 Å². The van der Waals surface area contributed by atoms with Gasteiger partial charge in [-0.25, -0.2) is 0 Å². The second-order valence-electron chi connectivity index (χ2n) is 5.18. The molecule has 0 aliphatic heterocycles. The van der Waals surface area contributed by atoms with Crippen molar-refractivity contribution in [3.05, 3.63) is 64.1 Å². The summed E-state index contributed by atoms with van der Waals surface area (Å²) in [5.41, 5.74) is 2.33. The van der Waals surface area contributed by atoms with Crippen molar-refractivity contribution in [1.82, 2.24) is 5.32 Å². The summed E-state index contributed by atoms with van der Waals surface area (Å²) in [5, 5.41) is 3.01. The molecule has 2 rings (SSSR count). The van der Waals surface area contributed by atoms with Gasteiger partial charge in [0.2, 0.25) is 0 Å². The van der Waals surface area contributed by atoms with Gasteiger partial charge in [0.05, 0.1) is 6.04 Å². The van der Waals surface area contributed by atoms with Gasteiger partial charge in [0.15, 0.2) is 6.61 Å². The highest BCUT2D eigenvalue weighted by atomic mass is 79.9. The molecule has 1 amide bonds. The number of carbonyl (C=O) groups excluding carboxylic acids is 1. The summed E-state index contributed by atoms with van der Waals surface area (Å²) < 4.78 is 6.47. The molecule has 0 aliphatic carbocycles. The summed E-state index contributed by atoms with van der Waals surface area (Å²) >= 11 is 3.36. The summed E-state index contributed by atoms with van der Waals surface area (Å²) in [6.45, 7) is 4.12. The molecule has 0 radical (unpaired) electrons. The van der Waals surface area contributed by atoms with Crippen molar-refractivity contribution >= 4 is 21.8 Å². The Hall–Kier alpha value is -1.81. The highest BCUT2D eigenvalue weighted by molar-refractivity contribution is 9.10. The van der Waals surface area contributed by atoms with Gasteiger partial charge in [0.1, 0.15) is 5.75 Å². The van der Waals surface area contributed by atoms with Crippen LogP contribution in [0, 0.1) is 6.92 Å². The van der Waals surface area contributed by atoms with Gasteiger partial charge in [-0.3, -0.25) is 4.79 Å². The predicted molar refractivity (Wildman–Crippen MR) is 92.0 cm³/mol. The minimum atomic E-state index is -0.115. The van der Waals surface area contributed by atoms with Crippen LogP contribution in [0.4, 0.5) is 0 Å². The van der Waals surface area contributed by atoms with Gasteiger partial charge in [-0.15, -0.1) is 0 Å². The first-order valence-electron chi connectivity index (χ1n) is 7.32. The van der Waals surface area contributed by atoms with Gasteiger partial charge >= 0.3 is 0 Å². The number of nitrogens with one attached hydrogen (secondary N) is 1. The molecule has 0 unspecified atom stereocenters. The number of hydrogen-bond acceptors (Lipinski definition) is 2. The van der Waals surface area contributed by atoms with E-state index in [4.69, 9.17) is 4.74 Å². The predicted octanol–water partition coefficient (Wildman–Crippen LogP) is 4.40. The maximum atomic E-state index is 12.0. The molecule has 0 bridgehead atoms. The summed E-state index contributed by atoms with van der Waals surface area (Å²) in [7, 11) is 0. The molecular formula is C18H20BrNO2. The summed E-state index contributed by atoms with van der Waals surface area (Å²) in [5.74, 6) is 0.567. The van der Waals surface area contributed by atoms with Gasteiger partial charge < -0.3 is 10.1 Å². The molecule has 0 spiro atoms. The van der Waals surface area contributed by atoms with E-state index < -0.39 is 0 Å². The van der Waals surface area contributed by atoms with Gasteiger partial charge in [-0.1, -0.05) is 52.7 Å². The first-order chi connectivity index (χ1) is 10.6. The third kappa shape index (κ3) is 4.88. The van der Waals surface area contributed by atoms with E-state index in [9.17, 15) is 4.79 Å². The Balaban J connectivity index is 1.89. The third-order valence-electron chi connectivity index (χ3n) is 3.41. The van der Waals surface area contributed by atoms with Gasteiger partial charge in [0, 0.05) is 4.47 Å². The van der Waals surface area contributed by atoms with Crippen LogP contribution < -0.4 is 10.1 Å². The zero-order valence-electron chi connectivity index (χ0n) is 12.8. The highest BCUT2D eigenvalue weighted by Gasteiger charge is 2.13. The second-order valence-corrected chi connectivity index (χ2v) is 6.10. The van der Waals surface area contributed by atoms with Crippen LogP contribution in [0.15, 0.2) is 53.0 Å². The smallest absolute Gasteiger partial charge is 0.258 e. The molecule has 3 nitrogen and oxygen atoms in total. The molecule has 0 saturated heterocycles. The highest BCUT2D eigenvalue weighted by Crippen LogP contribution is 2.18. The number of rotatable bonds is 6. The molecule has 22 heavy (non-hydrogen) atoms. The molecule has 0 heterocycles. The fourth-order valence-electron chi connectivity index (χ4n) is 2.14. The minimum absolute atomic E-state index is 0.0154. The van der Waals surface area contributed by atoms with Crippen molar-refractivity contribution in [2.45, 2.75) is 26.3 Å². The lowest BCUT2D eigenvalue weighted by molar-refractivity contribution is -0.123. The molecule has 0 saturated carbocycles. The SMILES string of the molecule is CC[C@H](NC(=O)COc1ccc(Br)cc1)c1ccc(C)cc1. The van der Waals surface area contributed by atoms with Crippen LogP contribution in [0.1, 0.15) is 30.5 Å². The third-order valence-corrected chi connectivity index (χ3v) is 3.94. The zero-order valence-corrected chi connectivity index (χ0v) is 14.4. The Labute approximate surface area is 139 Å². The van der Waals surface area contributed by atoms with Gasteiger partial charge in [-0.05, 0) is 43.2 Å². The van der Waals surface area contributed by atoms with E-state index in [1.54, 1.807) is 0 Å². The largest absolute Gasteiger partial charge is 0.484 e. The Bertz CT molecular complexity index is 608. The second kappa shape index (κ2) is 7.99. The first-order valence-corrected chi connectivity index (χ1v) is 8.12. The Morgan fingerprint density at radius 2 is 1.77 bits per heavy atom. The average Bonchev–Trinajstić information content (AvgIpc) is 2.53. The average molecular weight is 362 g/mol. The number of hydrogen-bond donors (Lipinski definition) is 1. The molecular weight excluding hydrogens is 342 g/mol. The minimum Gasteiger partial charge on any atom is -0.484 e. The van der Waals surface area contributed by atoms with Crippen molar-refractivity contribution in [1.29, 1.82) is 0 Å². The number of amides is 1. The van der Waals surface area contributed by atoms with Crippen LogP contribution in [0.25, 0.3) is 0 Å². The Kier molecular flexibility index (Phi) is 6.01. The lowest BCUT2D eigenvalue weighted by atomic mass is 10.0. The molecule has 0 fully saturated rings. The van der Waals surface area contributed by atoms with E-state index in [1.807, 2.05) is 24.3 Å². The molecule has 0 aliphatic rings. The van der Waals surface area contributed by atoms with Crippen molar-refractivity contribution in [3.63, 3.8) is 0 Å². The number of halogens is 1.